The molecule has 0 atom stereocenters. The molecule has 0 bridgehead atoms. The molecule has 1 saturated heterocycles. The highest BCUT2D eigenvalue weighted by atomic mass is 16.5. The van der Waals surface area contributed by atoms with E-state index in [1.165, 1.54) is 0 Å². The molecule has 1 aliphatic rings. The summed E-state index contributed by atoms with van der Waals surface area (Å²) in [5, 5.41) is 6.27. The van der Waals surface area contributed by atoms with Crippen LogP contribution in [0.15, 0.2) is 24.3 Å². The molecule has 21 heavy (non-hydrogen) atoms. The number of morpholine rings is 1. The molecule has 5 heteroatoms. The molecule has 0 aromatic heterocycles. The summed E-state index contributed by atoms with van der Waals surface area (Å²) in [7, 11) is 0. The molecule has 1 aromatic carbocycles. The number of carbonyl (C=O) groups is 1. The zero-order chi connectivity index (χ0) is 15.1. The van der Waals surface area contributed by atoms with Crippen LogP contribution in [0.4, 0.5) is 11.4 Å². The molecule has 0 spiro atoms. The van der Waals surface area contributed by atoms with Crippen LogP contribution in [-0.4, -0.2) is 44.8 Å². The van der Waals surface area contributed by atoms with Gasteiger partial charge in [0.1, 0.15) is 0 Å². The van der Waals surface area contributed by atoms with E-state index < -0.39 is 0 Å². The quantitative estimate of drug-likeness (QED) is 0.840. The lowest BCUT2D eigenvalue weighted by Gasteiger charge is -2.30. The average Bonchev–Trinajstić information content (AvgIpc) is 2.48. The maximum absolute atomic E-state index is 12.0. The third-order valence-corrected chi connectivity index (χ3v) is 3.43. The Labute approximate surface area is 126 Å². The SMILES string of the molecule is CC(C)NCCC(=O)Nc1ccccc1N1CCOCC1. The van der Waals surface area contributed by atoms with Crippen molar-refractivity contribution < 1.29 is 9.53 Å². The van der Waals surface area contributed by atoms with Crippen molar-refractivity contribution in [3.05, 3.63) is 24.3 Å². The van der Waals surface area contributed by atoms with Crippen molar-refractivity contribution >= 4 is 17.3 Å². The van der Waals surface area contributed by atoms with Crippen LogP contribution in [0.25, 0.3) is 0 Å². The van der Waals surface area contributed by atoms with Crippen molar-refractivity contribution in [3.8, 4) is 0 Å². The van der Waals surface area contributed by atoms with Gasteiger partial charge in [0.15, 0.2) is 0 Å². The fraction of sp³-hybridized carbons (Fsp3) is 0.562. The van der Waals surface area contributed by atoms with Gasteiger partial charge in [-0.15, -0.1) is 0 Å². The molecule has 2 N–H and O–H groups in total. The topological polar surface area (TPSA) is 53.6 Å². The largest absolute Gasteiger partial charge is 0.378 e. The van der Waals surface area contributed by atoms with Crippen molar-refractivity contribution in [1.29, 1.82) is 0 Å². The number of anilines is 2. The van der Waals surface area contributed by atoms with Gasteiger partial charge in [0, 0.05) is 32.1 Å². The molecule has 5 nitrogen and oxygen atoms in total. The van der Waals surface area contributed by atoms with Crippen LogP contribution >= 0.6 is 0 Å². The Morgan fingerprint density at radius 3 is 2.71 bits per heavy atom. The Kier molecular flexibility index (Phi) is 6.02. The van der Waals surface area contributed by atoms with E-state index in [2.05, 4.69) is 29.4 Å². The Balaban J connectivity index is 1.94. The second-order valence-corrected chi connectivity index (χ2v) is 5.52. The highest BCUT2D eigenvalue weighted by Crippen LogP contribution is 2.26. The van der Waals surface area contributed by atoms with Crippen LogP contribution in [0.3, 0.4) is 0 Å². The smallest absolute Gasteiger partial charge is 0.225 e. The van der Waals surface area contributed by atoms with Crippen LogP contribution in [-0.2, 0) is 9.53 Å². The molecular weight excluding hydrogens is 266 g/mol. The lowest BCUT2D eigenvalue weighted by atomic mass is 10.2. The molecular formula is C16H25N3O2. The zero-order valence-electron chi connectivity index (χ0n) is 12.9. The van der Waals surface area contributed by atoms with Gasteiger partial charge in [0.2, 0.25) is 5.91 Å². The first kappa shape index (κ1) is 15.8. The van der Waals surface area contributed by atoms with Gasteiger partial charge >= 0.3 is 0 Å². The van der Waals surface area contributed by atoms with E-state index in [4.69, 9.17) is 4.74 Å². The minimum absolute atomic E-state index is 0.0452. The monoisotopic (exact) mass is 291 g/mol. The third kappa shape index (κ3) is 5.02. The van der Waals surface area contributed by atoms with Crippen molar-refractivity contribution in [2.75, 3.05) is 43.1 Å². The van der Waals surface area contributed by atoms with Crippen molar-refractivity contribution in [2.45, 2.75) is 26.3 Å². The van der Waals surface area contributed by atoms with Crippen molar-refractivity contribution in [2.24, 2.45) is 0 Å². The number of nitrogens with one attached hydrogen (secondary N) is 2. The van der Waals surface area contributed by atoms with E-state index in [0.717, 1.165) is 37.7 Å². The normalized spacial score (nSPS) is 15.3. The molecule has 1 fully saturated rings. The molecule has 1 aliphatic heterocycles. The molecule has 0 unspecified atom stereocenters. The maximum Gasteiger partial charge on any atom is 0.225 e. The van der Waals surface area contributed by atoms with Gasteiger partial charge in [0.05, 0.1) is 24.6 Å². The fourth-order valence-electron chi connectivity index (χ4n) is 2.35. The first-order chi connectivity index (χ1) is 10.2. The predicted molar refractivity (Wildman–Crippen MR) is 85.9 cm³/mol. The summed E-state index contributed by atoms with van der Waals surface area (Å²) >= 11 is 0. The number of para-hydroxylation sites is 2. The Morgan fingerprint density at radius 1 is 1.29 bits per heavy atom. The lowest BCUT2D eigenvalue weighted by Crippen LogP contribution is -2.36. The Bertz CT molecular complexity index is 457. The van der Waals surface area contributed by atoms with Gasteiger partial charge in [-0.25, -0.2) is 0 Å². The minimum Gasteiger partial charge on any atom is -0.378 e. The molecule has 1 aromatic rings. The van der Waals surface area contributed by atoms with E-state index in [0.29, 0.717) is 19.0 Å². The summed E-state index contributed by atoms with van der Waals surface area (Å²) in [5.41, 5.74) is 1.96. The summed E-state index contributed by atoms with van der Waals surface area (Å²) in [6, 6.07) is 8.36. The van der Waals surface area contributed by atoms with E-state index in [1.807, 2.05) is 24.3 Å². The van der Waals surface area contributed by atoms with Gasteiger partial charge in [-0.1, -0.05) is 26.0 Å². The number of benzene rings is 1. The van der Waals surface area contributed by atoms with Crippen molar-refractivity contribution in [3.63, 3.8) is 0 Å². The Hall–Kier alpha value is -1.59. The molecule has 0 radical (unpaired) electrons. The van der Waals surface area contributed by atoms with E-state index in [9.17, 15) is 4.79 Å². The van der Waals surface area contributed by atoms with Gasteiger partial charge in [0.25, 0.3) is 0 Å². The van der Waals surface area contributed by atoms with Crippen LogP contribution < -0.4 is 15.5 Å². The summed E-state index contributed by atoms with van der Waals surface area (Å²) in [5.74, 6) is 0.0452. The standard InChI is InChI=1S/C16H25N3O2/c1-13(2)17-8-7-16(20)18-14-5-3-4-6-15(14)19-9-11-21-12-10-19/h3-6,13,17H,7-12H2,1-2H3,(H,18,20). The van der Waals surface area contributed by atoms with Crippen LogP contribution in [0.2, 0.25) is 0 Å². The molecule has 1 amide bonds. The number of hydrogen-bond donors (Lipinski definition) is 2. The minimum atomic E-state index is 0.0452. The summed E-state index contributed by atoms with van der Waals surface area (Å²) in [4.78, 5) is 14.3. The highest BCUT2D eigenvalue weighted by Gasteiger charge is 2.15. The first-order valence-corrected chi connectivity index (χ1v) is 7.62. The zero-order valence-corrected chi connectivity index (χ0v) is 12.9. The van der Waals surface area contributed by atoms with E-state index in [1.54, 1.807) is 0 Å². The third-order valence-electron chi connectivity index (χ3n) is 3.43. The maximum atomic E-state index is 12.0. The van der Waals surface area contributed by atoms with Gasteiger partial charge in [-0.2, -0.15) is 0 Å². The molecule has 0 saturated carbocycles. The molecule has 1 heterocycles. The van der Waals surface area contributed by atoms with E-state index in [-0.39, 0.29) is 5.91 Å². The predicted octanol–water partition coefficient (Wildman–Crippen LogP) is 1.85. The summed E-state index contributed by atoms with van der Waals surface area (Å²) in [6.45, 7) is 8.05. The molecule has 2 rings (SSSR count). The Morgan fingerprint density at radius 2 is 2.00 bits per heavy atom. The second-order valence-electron chi connectivity index (χ2n) is 5.52. The number of amides is 1. The van der Waals surface area contributed by atoms with Crippen LogP contribution in [0, 0.1) is 0 Å². The molecule has 116 valence electrons. The summed E-state index contributed by atoms with van der Waals surface area (Å²) in [6.07, 6.45) is 0.482. The number of rotatable bonds is 6. The first-order valence-electron chi connectivity index (χ1n) is 7.62. The average molecular weight is 291 g/mol. The number of carbonyl (C=O) groups excluding carboxylic acids is 1. The van der Waals surface area contributed by atoms with E-state index >= 15 is 0 Å². The number of ether oxygens (including phenoxy) is 1. The highest BCUT2D eigenvalue weighted by molar-refractivity contribution is 5.94. The van der Waals surface area contributed by atoms with Gasteiger partial charge in [-0.05, 0) is 12.1 Å². The van der Waals surface area contributed by atoms with Crippen molar-refractivity contribution in [1.82, 2.24) is 5.32 Å². The lowest BCUT2D eigenvalue weighted by molar-refractivity contribution is -0.116. The fourth-order valence-corrected chi connectivity index (χ4v) is 2.35. The van der Waals surface area contributed by atoms with Crippen LogP contribution in [0.1, 0.15) is 20.3 Å². The summed E-state index contributed by atoms with van der Waals surface area (Å²) < 4.78 is 5.38. The molecule has 0 aliphatic carbocycles. The van der Waals surface area contributed by atoms with Gasteiger partial charge < -0.3 is 20.3 Å². The number of hydrogen-bond acceptors (Lipinski definition) is 4. The number of nitrogens with zero attached hydrogens (tertiary/aromatic N) is 1. The van der Waals surface area contributed by atoms with Crippen LogP contribution in [0.5, 0.6) is 0 Å². The second kappa shape index (κ2) is 8.00. The van der Waals surface area contributed by atoms with Gasteiger partial charge in [-0.3, -0.25) is 4.79 Å².